The fourth-order valence-corrected chi connectivity index (χ4v) is 4.73. The van der Waals surface area contributed by atoms with Crippen LogP contribution in [0.15, 0.2) is 17.5 Å². The molecule has 0 saturated heterocycles. The van der Waals surface area contributed by atoms with E-state index >= 15 is 0 Å². The molecule has 1 saturated carbocycles. The molecule has 140 valence electrons. The van der Waals surface area contributed by atoms with Crippen LogP contribution >= 0.6 is 46.1 Å². The molecular weight excluding hydrogens is 413 g/mol. The molecule has 0 spiro atoms. The van der Waals surface area contributed by atoms with Gasteiger partial charge in [-0.15, -0.1) is 11.3 Å². The van der Waals surface area contributed by atoms with Gasteiger partial charge in [0.2, 0.25) is 5.91 Å². The van der Waals surface area contributed by atoms with Crippen molar-refractivity contribution < 1.29 is 9.59 Å². The number of nitrogens with zero attached hydrogens (tertiary/aromatic N) is 2. The third-order valence-electron chi connectivity index (χ3n) is 4.32. The van der Waals surface area contributed by atoms with Gasteiger partial charge in [-0.1, -0.05) is 48.5 Å². The Balaban J connectivity index is 1.71. The number of halogens is 2. The Morgan fingerprint density at radius 1 is 1.27 bits per heavy atom. The molecule has 2 aromatic heterocycles. The summed E-state index contributed by atoms with van der Waals surface area (Å²) in [6.07, 6.45) is 5.49. The normalized spacial score (nSPS) is 15.0. The molecule has 1 fully saturated rings. The Kier molecular flexibility index (Phi) is 6.92. The van der Waals surface area contributed by atoms with Crippen LogP contribution in [0.3, 0.4) is 0 Å². The van der Waals surface area contributed by atoms with Gasteiger partial charge in [0.1, 0.15) is 15.9 Å². The van der Waals surface area contributed by atoms with Gasteiger partial charge in [0.15, 0.2) is 5.69 Å². The summed E-state index contributed by atoms with van der Waals surface area (Å²) in [6.45, 7) is 0.304. The maximum absolute atomic E-state index is 12.9. The minimum atomic E-state index is -0.384. The SMILES string of the molecule is O=C(CN(Cc1cccs1)C(=O)c1nsc(Cl)c1Cl)NC1CCCCC1. The van der Waals surface area contributed by atoms with Gasteiger partial charge in [0.05, 0.1) is 6.54 Å². The van der Waals surface area contributed by atoms with Crippen LogP contribution in [0, 0.1) is 0 Å². The van der Waals surface area contributed by atoms with E-state index < -0.39 is 0 Å². The Morgan fingerprint density at radius 3 is 2.65 bits per heavy atom. The first kappa shape index (κ1) is 19.6. The van der Waals surface area contributed by atoms with Crippen LogP contribution in [0.2, 0.25) is 9.36 Å². The van der Waals surface area contributed by atoms with Crippen molar-refractivity contribution in [2.24, 2.45) is 0 Å². The lowest BCUT2D eigenvalue weighted by Crippen LogP contribution is -2.44. The molecule has 26 heavy (non-hydrogen) atoms. The second kappa shape index (κ2) is 9.17. The average molecular weight is 432 g/mol. The van der Waals surface area contributed by atoms with Crippen LogP contribution in [0.1, 0.15) is 47.5 Å². The van der Waals surface area contributed by atoms with E-state index in [2.05, 4.69) is 9.69 Å². The number of hydrogen-bond donors (Lipinski definition) is 1. The molecule has 0 atom stereocenters. The number of carbonyl (C=O) groups is 2. The Bertz CT molecular complexity index is 758. The number of hydrogen-bond acceptors (Lipinski definition) is 5. The molecule has 0 aliphatic heterocycles. The van der Waals surface area contributed by atoms with Gasteiger partial charge in [0.25, 0.3) is 5.91 Å². The van der Waals surface area contributed by atoms with Gasteiger partial charge in [-0.2, -0.15) is 4.37 Å². The van der Waals surface area contributed by atoms with Crippen molar-refractivity contribution in [2.45, 2.75) is 44.7 Å². The van der Waals surface area contributed by atoms with Crippen LogP contribution < -0.4 is 5.32 Å². The van der Waals surface area contributed by atoms with Gasteiger partial charge in [-0.05, 0) is 35.8 Å². The molecule has 1 N–H and O–H groups in total. The largest absolute Gasteiger partial charge is 0.352 e. The number of nitrogens with one attached hydrogen (secondary N) is 1. The predicted octanol–water partition coefficient (Wildman–Crippen LogP) is 4.60. The van der Waals surface area contributed by atoms with Crippen molar-refractivity contribution in [3.8, 4) is 0 Å². The average Bonchev–Trinajstić information content (AvgIpc) is 3.25. The van der Waals surface area contributed by atoms with E-state index in [9.17, 15) is 9.59 Å². The van der Waals surface area contributed by atoms with Crippen LogP contribution in [-0.2, 0) is 11.3 Å². The predicted molar refractivity (Wildman–Crippen MR) is 106 cm³/mol. The molecule has 0 unspecified atom stereocenters. The minimum absolute atomic E-state index is 0.0291. The van der Waals surface area contributed by atoms with Crippen molar-refractivity contribution in [3.63, 3.8) is 0 Å². The maximum atomic E-state index is 12.9. The lowest BCUT2D eigenvalue weighted by atomic mass is 9.95. The Morgan fingerprint density at radius 2 is 2.04 bits per heavy atom. The molecule has 9 heteroatoms. The van der Waals surface area contributed by atoms with Crippen molar-refractivity contribution in [1.29, 1.82) is 0 Å². The van der Waals surface area contributed by atoms with Crippen molar-refractivity contribution in [2.75, 3.05) is 6.54 Å². The quantitative estimate of drug-likeness (QED) is 0.726. The van der Waals surface area contributed by atoms with Gasteiger partial charge in [-0.3, -0.25) is 9.59 Å². The van der Waals surface area contributed by atoms with E-state index in [1.165, 1.54) is 22.7 Å². The molecule has 2 amide bonds. The van der Waals surface area contributed by atoms with Gasteiger partial charge < -0.3 is 10.2 Å². The van der Waals surface area contributed by atoms with Crippen LogP contribution in [0.5, 0.6) is 0 Å². The summed E-state index contributed by atoms with van der Waals surface area (Å²) in [6, 6.07) is 4.05. The zero-order chi connectivity index (χ0) is 18.5. The molecule has 5 nitrogen and oxygen atoms in total. The minimum Gasteiger partial charge on any atom is -0.352 e. The molecule has 0 aromatic carbocycles. The number of rotatable bonds is 6. The van der Waals surface area contributed by atoms with E-state index in [0.717, 1.165) is 42.1 Å². The summed E-state index contributed by atoms with van der Waals surface area (Å²) in [5, 5.41) is 5.13. The molecule has 1 aliphatic rings. The lowest BCUT2D eigenvalue weighted by Gasteiger charge is -2.25. The lowest BCUT2D eigenvalue weighted by molar-refractivity contribution is -0.122. The van der Waals surface area contributed by atoms with Crippen molar-refractivity contribution in [1.82, 2.24) is 14.6 Å². The molecule has 0 bridgehead atoms. The standard InChI is InChI=1S/C17H19Cl2N3O2S2/c18-14-15(21-26-16(14)19)17(24)22(9-12-7-4-8-25-12)10-13(23)20-11-5-2-1-3-6-11/h4,7-8,11H,1-3,5-6,9-10H2,(H,20,23). The number of thiophene rings is 1. The first-order valence-corrected chi connectivity index (χ1v) is 10.9. The highest BCUT2D eigenvalue weighted by molar-refractivity contribution is 7.11. The highest BCUT2D eigenvalue weighted by Crippen LogP contribution is 2.30. The van der Waals surface area contributed by atoms with E-state index in [1.54, 1.807) is 0 Å². The highest BCUT2D eigenvalue weighted by Gasteiger charge is 2.26. The first-order chi connectivity index (χ1) is 12.5. The second-order valence-electron chi connectivity index (χ2n) is 6.26. The summed E-state index contributed by atoms with van der Waals surface area (Å²) in [5.41, 5.74) is 0.101. The van der Waals surface area contributed by atoms with Gasteiger partial charge in [-0.25, -0.2) is 0 Å². The summed E-state index contributed by atoms with van der Waals surface area (Å²) in [5.74, 6) is -0.537. The first-order valence-electron chi connectivity index (χ1n) is 8.46. The zero-order valence-corrected chi connectivity index (χ0v) is 17.2. The number of carbonyl (C=O) groups excluding carboxylic acids is 2. The smallest absolute Gasteiger partial charge is 0.275 e. The van der Waals surface area contributed by atoms with Gasteiger partial charge in [0, 0.05) is 10.9 Å². The molecule has 1 aliphatic carbocycles. The number of amides is 2. The van der Waals surface area contributed by atoms with Crippen molar-refractivity contribution in [3.05, 3.63) is 37.4 Å². The van der Waals surface area contributed by atoms with Crippen LogP contribution in [-0.4, -0.2) is 33.7 Å². The third kappa shape index (κ3) is 4.97. The van der Waals surface area contributed by atoms with E-state index in [-0.39, 0.29) is 39.5 Å². The third-order valence-corrected chi connectivity index (χ3v) is 6.79. The Hall–Kier alpha value is -1.15. The fraction of sp³-hybridized carbons (Fsp3) is 0.471. The summed E-state index contributed by atoms with van der Waals surface area (Å²) in [7, 11) is 0. The van der Waals surface area contributed by atoms with Crippen LogP contribution in [0.4, 0.5) is 0 Å². The van der Waals surface area contributed by atoms with Gasteiger partial charge >= 0.3 is 0 Å². The monoisotopic (exact) mass is 431 g/mol. The Labute approximate surface area is 170 Å². The summed E-state index contributed by atoms with van der Waals surface area (Å²) in [4.78, 5) is 27.8. The fourth-order valence-electron chi connectivity index (χ4n) is 3.03. The molecule has 0 radical (unpaired) electrons. The maximum Gasteiger partial charge on any atom is 0.275 e. The summed E-state index contributed by atoms with van der Waals surface area (Å²) < 4.78 is 4.32. The molecular formula is C17H19Cl2N3O2S2. The summed E-state index contributed by atoms with van der Waals surface area (Å²) >= 11 is 14.5. The number of aromatic nitrogens is 1. The zero-order valence-electron chi connectivity index (χ0n) is 14.0. The van der Waals surface area contributed by atoms with E-state index in [1.807, 2.05) is 17.5 Å². The van der Waals surface area contributed by atoms with E-state index in [0.29, 0.717) is 6.54 Å². The molecule has 3 rings (SSSR count). The van der Waals surface area contributed by atoms with E-state index in [4.69, 9.17) is 23.2 Å². The van der Waals surface area contributed by atoms with Crippen LogP contribution in [0.25, 0.3) is 0 Å². The highest BCUT2D eigenvalue weighted by atomic mass is 35.5. The molecule has 2 aromatic rings. The second-order valence-corrected chi connectivity index (χ2v) is 9.05. The topological polar surface area (TPSA) is 62.3 Å². The van der Waals surface area contributed by atoms with Crippen molar-refractivity contribution >= 4 is 57.9 Å². The molecule has 2 heterocycles.